The van der Waals surface area contributed by atoms with Crippen LogP contribution in [0.15, 0.2) is 11.8 Å². The number of hydrogen-bond donors (Lipinski definition) is 1. The van der Waals surface area contributed by atoms with Crippen LogP contribution in [0.1, 0.15) is 25.7 Å². The minimum atomic E-state index is -0.398. The predicted molar refractivity (Wildman–Crippen MR) is 59.8 cm³/mol. The molecular weight excluding hydrogens is 206 g/mol. The van der Waals surface area contributed by atoms with E-state index in [1.807, 2.05) is 0 Å². The number of rotatable bonds is 3. The number of ketones is 1. The van der Waals surface area contributed by atoms with Crippen LogP contribution < -0.4 is 5.73 Å². The number of ether oxygens (including phenoxy) is 2. The normalized spacial score (nSPS) is 24.4. The third-order valence-corrected chi connectivity index (χ3v) is 3.55. The van der Waals surface area contributed by atoms with E-state index in [9.17, 15) is 4.79 Å². The molecule has 0 bridgehead atoms. The van der Waals surface area contributed by atoms with E-state index in [2.05, 4.69) is 0 Å². The van der Waals surface area contributed by atoms with Crippen molar-refractivity contribution < 1.29 is 14.3 Å². The number of Topliss-reactive ketones (excluding diaryl/α,β-unsaturated/α-hetero) is 1. The lowest BCUT2D eigenvalue weighted by molar-refractivity contribution is -0.130. The Morgan fingerprint density at radius 1 is 1.38 bits per heavy atom. The number of nitrogens with two attached hydrogens (primary N) is 1. The maximum absolute atomic E-state index is 12.4. The molecule has 0 aliphatic carbocycles. The molecule has 16 heavy (non-hydrogen) atoms. The molecule has 0 saturated carbocycles. The van der Waals surface area contributed by atoms with Crippen LogP contribution in [0.5, 0.6) is 0 Å². The topological polar surface area (TPSA) is 61.6 Å². The molecule has 2 heterocycles. The van der Waals surface area contributed by atoms with Gasteiger partial charge in [-0.2, -0.15) is 0 Å². The molecule has 4 heteroatoms. The highest BCUT2D eigenvalue weighted by Gasteiger charge is 2.40. The summed E-state index contributed by atoms with van der Waals surface area (Å²) in [7, 11) is 0. The summed E-state index contributed by atoms with van der Waals surface area (Å²) in [5.41, 5.74) is 6.21. The quantitative estimate of drug-likeness (QED) is 0.778. The first-order valence-corrected chi connectivity index (χ1v) is 5.92. The van der Waals surface area contributed by atoms with Gasteiger partial charge in [0.05, 0.1) is 18.3 Å². The molecule has 1 saturated heterocycles. The smallest absolute Gasteiger partial charge is 0.169 e. The number of allylic oxidation sites excluding steroid dienone is 1. The van der Waals surface area contributed by atoms with Crippen molar-refractivity contribution in [2.45, 2.75) is 25.7 Å². The summed E-state index contributed by atoms with van der Waals surface area (Å²) in [5.74, 6) is 0.179. The van der Waals surface area contributed by atoms with Crippen LogP contribution in [0, 0.1) is 5.41 Å². The molecular formula is C12H19NO3. The highest BCUT2D eigenvalue weighted by atomic mass is 16.5. The summed E-state index contributed by atoms with van der Waals surface area (Å²) in [6.45, 7) is 2.40. The van der Waals surface area contributed by atoms with Gasteiger partial charge in [0.1, 0.15) is 0 Å². The fourth-order valence-corrected chi connectivity index (χ4v) is 2.36. The van der Waals surface area contributed by atoms with Gasteiger partial charge in [0.25, 0.3) is 0 Å². The van der Waals surface area contributed by atoms with Crippen molar-refractivity contribution in [1.29, 1.82) is 0 Å². The van der Waals surface area contributed by atoms with Gasteiger partial charge in [0.15, 0.2) is 5.78 Å². The molecule has 0 aromatic rings. The molecule has 0 spiro atoms. The number of hydrogen-bond acceptors (Lipinski definition) is 4. The Balaban J connectivity index is 2.13. The molecule has 0 aromatic heterocycles. The number of carbonyl (C=O) groups excluding carboxylic acids is 1. The first-order valence-electron chi connectivity index (χ1n) is 5.92. The van der Waals surface area contributed by atoms with Crippen LogP contribution in [0.4, 0.5) is 0 Å². The van der Waals surface area contributed by atoms with Crippen molar-refractivity contribution in [3.05, 3.63) is 11.8 Å². The number of carbonyl (C=O) groups is 1. The van der Waals surface area contributed by atoms with Gasteiger partial charge in [0.2, 0.25) is 0 Å². The second-order valence-corrected chi connectivity index (χ2v) is 4.54. The van der Waals surface area contributed by atoms with Crippen LogP contribution in [-0.2, 0) is 14.3 Å². The molecule has 2 rings (SSSR count). The molecule has 2 N–H and O–H groups in total. The molecule has 2 aliphatic heterocycles. The molecule has 0 radical (unpaired) electrons. The van der Waals surface area contributed by atoms with E-state index in [-0.39, 0.29) is 5.78 Å². The summed E-state index contributed by atoms with van der Waals surface area (Å²) in [6, 6.07) is 0. The first-order chi connectivity index (χ1) is 7.78. The van der Waals surface area contributed by atoms with E-state index >= 15 is 0 Å². The van der Waals surface area contributed by atoms with Gasteiger partial charge in [-0.05, 0) is 25.7 Å². The Hall–Kier alpha value is -0.870. The average molecular weight is 225 g/mol. The van der Waals surface area contributed by atoms with Gasteiger partial charge in [-0.25, -0.2) is 0 Å². The van der Waals surface area contributed by atoms with Crippen molar-refractivity contribution in [1.82, 2.24) is 0 Å². The minimum absolute atomic E-state index is 0.179. The van der Waals surface area contributed by atoms with Crippen molar-refractivity contribution in [2.75, 3.05) is 26.4 Å². The highest BCUT2D eigenvalue weighted by Crippen LogP contribution is 2.34. The zero-order chi connectivity index (χ0) is 11.4. The lowest BCUT2D eigenvalue weighted by atomic mass is 9.73. The zero-order valence-corrected chi connectivity index (χ0v) is 9.54. The molecule has 90 valence electrons. The van der Waals surface area contributed by atoms with E-state index in [0.29, 0.717) is 19.8 Å². The summed E-state index contributed by atoms with van der Waals surface area (Å²) >= 11 is 0. The molecule has 4 nitrogen and oxygen atoms in total. The van der Waals surface area contributed by atoms with E-state index in [1.165, 1.54) is 0 Å². The SMILES string of the molecule is NCC1(C(=O)C2=COCCC2)CCOCC1. The van der Waals surface area contributed by atoms with Gasteiger partial charge in [-0.3, -0.25) is 4.79 Å². The van der Waals surface area contributed by atoms with E-state index in [1.54, 1.807) is 6.26 Å². The second kappa shape index (κ2) is 4.97. The fourth-order valence-electron chi connectivity index (χ4n) is 2.36. The van der Waals surface area contributed by atoms with Gasteiger partial charge in [-0.15, -0.1) is 0 Å². The third-order valence-electron chi connectivity index (χ3n) is 3.55. The van der Waals surface area contributed by atoms with E-state index in [0.717, 1.165) is 37.9 Å². The maximum Gasteiger partial charge on any atom is 0.169 e. The largest absolute Gasteiger partial charge is 0.501 e. The summed E-state index contributed by atoms with van der Waals surface area (Å²) in [4.78, 5) is 12.4. The molecule has 0 aromatic carbocycles. The van der Waals surface area contributed by atoms with Crippen LogP contribution in [0.25, 0.3) is 0 Å². The van der Waals surface area contributed by atoms with Gasteiger partial charge in [0, 0.05) is 25.3 Å². The van der Waals surface area contributed by atoms with Gasteiger partial charge >= 0.3 is 0 Å². The summed E-state index contributed by atoms with van der Waals surface area (Å²) in [5, 5.41) is 0. The van der Waals surface area contributed by atoms with Crippen molar-refractivity contribution in [3.63, 3.8) is 0 Å². The van der Waals surface area contributed by atoms with E-state index in [4.69, 9.17) is 15.2 Å². The summed E-state index contributed by atoms with van der Waals surface area (Å²) in [6.07, 6.45) is 4.84. The Labute approximate surface area is 95.8 Å². The monoisotopic (exact) mass is 225 g/mol. The van der Waals surface area contributed by atoms with Crippen LogP contribution in [0.2, 0.25) is 0 Å². The van der Waals surface area contributed by atoms with Gasteiger partial charge < -0.3 is 15.2 Å². The zero-order valence-electron chi connectivity index (χ0n) is 9.54. The van der Waals surface area contributed by atoms with Gasteiger partial charge in [-0.1, -0.05) is 0 Å². The van der Waals surface area contributed by atoms with Crippen molar-refractivity contribution in [2.24, 2.45) is 11.1 Å². The van der Waals surface area contributed by atoms with Crippen LogP contribution in [-0.4, -0.2) is 32.1 Å². The molecule has 0 atom stereocenters. The standard InChI is InChI=1S/C12H19NO3/c13-9-12(3-6-15-7-4-12)11(14)10-2-1-5-16-8-10/h8H,1-7,9,13H2. The lowest BCUT2D eigenvalue weighted by Crippen LogP contribution is -2.44. The molecule has 2 aliphatic rings. The Morgan fingerprint density at radius 3 is 2.69 bits per heavy atom. The van der Waals surface area contributed by atoms with Crippen molar-refractivity contribution >= 4 is 5.78 Å². The Kier molecular flexibility index (Phi) is 3.61. The lowest BCUT2D eigenvalue weighted by Gasteiger charge is -2.35. The molecule has 1 fully saturated rings. The Morgan fingerprint density at radius 2 is 2.12 bits per heavy atom. The molecule has 0 unspecified atom stereocenters. The first kappa shape index (κ1) is 11.6. The van der Waals surface area contributed by atoms with E-state index < -0.39 is 5.41 Å². The maximum atomic E-state index is 12.4. The van der Waals surface area contributed by atoms with Crippen LogP contribution in [0.3, 0.4) is 0 Å². The fraction of sp³-hybridized carbons (Fsp3) is 0.750. The molecule has 0 amide bonds. The summed E-state index contributed by atoms with van der Waals surface area (Å²) < 4.78 is 10.5. The second-order valence-electron chi connectivity index (χ2n) is 4.54. The Bertz CT molecular complexity index is 293. The predicted octanol–water partition coefficient (Wildman–Crippen LogP) is 1.01. The van der Waals surface area contributed by atoms with Crippen molar-refractivity contribution in [3.8, 4) is 0 Å². The van der Waals surface area contributed by atoms with Crippen LogP contribution >= 0.6 is 0 Å². The minimum Gasteiger partial charge on any atom is -0.501 e. The average Bonchev–Trinajstić information content (AvgIpc) is 2.39. The highest BCUT2D eigenvalue weighted by molar-refractivity contribution is 6.00. The third kappa shape index (κ3) is 2.13.